The van der Waals surface area contributed by atoms with Gasteiger partial charge in [-0.05, 0) is 32.6 Å². The highest BCUT2D eigenvalue weighted by Gasteiger charge is 2.67. The van der Waals surface area contributed by atoms with Crippen molar-refractivity contribution in [2.24, 2.45) is 23.7 Å². The Bertz CT molecular complexity index is 608. The lowest BCUT2D eigenvalue weighted by atomic mass is 9.82. The molecule has 0 aromatic rings. The van der Waals surface area contributed by atoms with E-state index in [2.05, 4.69) is 5.32 Å². The van der Waals surface area contributed by atoms with E-state index in [0.717, 1.165) is 32.4 Å². The number of fused-ring (bicyclic) bond motifs is 1. The van der Waals surface area contributed by atoms with Gasteiger partial charge in [0.2, 0.25) is 0 Å². The van der Waals surface area contributed by atoms with Crippen molar-refractivity contribution in [3.8, 4) is 0 Å². The Morgan fingerprint density at radius 1 is 1.22 bits per heavy atom. The molecule has 2 N–H and O–H groups in total. The van der Waals surface area contributed by atoms with Gasteiger partial charge >= 0.3 is 5.97 Å². The number of hydrogen-bond donors (Lipinski definition) is 1. The maximum absolute atomic E-state index is 12.8. The van der Waals surface area contributed by atoms with Crippen LogP contribution < -0.4 is 5.32 Å². The van der Waals surface area contributed by atoms with Crippen molar-refractivity contribution in [1.29, 1.82) is 0 Å². The molecule has 5 atom stereocenters. The smallest absolute Gasteiger partial charge is 0.311 e. The van der Waals surface area contributed by atoms with Crippen molar-refractivity contribution in [2.75, 3.05) is 13.1 Å². The molecule has 23 heavy (non-hydrogen) atoms. The highest BCUT2D eigenvalue weighted by atomic mass is 32.2. The normalized spacial score (nSPS) is 42.1. The van der Waals surface area contributed by atoms with Crippen molar-refractivity contribution in [1.82, 2.24) is 0 Å². The lowest BCUT2D eigenvalue weighted by molar-refractivity contribution is -0.665. The number of carbonyl (C=O) groups is 1. The number of piperidine rings is 1. The first-order chi connectivity index (χ1) is 10.8. The van der Waals surface area contributed by atoms with E-state index in [1.54, 1.807) is 0 Å². The van der Waals surface area contributed by atoms with Crippen LogP contribution in [-0.4, -0.2) is 44.4 Å². The van der Waals surface area contributed by atoms with Crippen molar-refractivity contribution >= 4 is 16.1 Å². The molecular formula is C16H26NO5S+. The van der Waals surface area contributed by atoms with Gasteiger partial charge in [-0.1, -0.05) is 0 Å². The van der Waals surface area contributed by atoms with Gasteiger partial charge in [0.1, 0.15) is 10.9 Å². The first-order valence-electron chi connectivity index (χ1n) is 8.76. The third kappa shape index (κ3) is 2.43. The Hall–Kier alpha value is -0.660. The maximum atomic E-state index is 12.8. The van der Waals surface area contributed by atoms with E-state index in [1.165, 1.54) is 0 Å². The lowest BCUT2D eigenvalue weighted by Gasteiger charge is -2.37. The van der Waals surface area contributed by atoms with Crippen LogP contribution in [0.5, 0.6) is 0 Å². The summed E-state index contributed by atoms with van der Waals surface area (Å²) in [7, 11) is -3.61. The molecule has 0 spiro atoms. The summed E-state index contributed by atoms with van der Waals surface area (Å²) in [4.78, 5) is 12.8. The fourth-order valence-corrected chi connectivity index (χ4v) is 7.45. The summed E-state index contributed by atoms with van der Waals surface area (Å²) in [6.45, 7) is 6.06. The molecule has 0 radical (unpaired) electrons. The van der Waals surface area contributed by atoms with E-state index in [9.17, 15) is 13.2 Å². The highest BCUT2D eigenvalue weighted by molar-refractivity contribution is 7.87. The van der Waals surface area contributed by atoms with Crippen molar-refractivity contribution in [3.05, 3.63) is 0 Å². The summed E-state index contributed by atoms with van der Waals surface area (Å²) >= 11 is 0. The minimum absolute atomic E-state index is 0.00468. The molecule has 2 bridgehead atoms. The topological polar surface area (TPSA) is 86.3 Å². The van der Waals surface area contributed by atoms with Gasteiger partial charge < -0.3 is 10.1 Å². The summed E-state index contributed by atoms with van der Waals surface area (Å²) in [6, 6.07) is 0. The number of rotatable bonds is 3. The standard InChI is InChI=1S/C16H25NO5S/c1-16(2,10-3-5-17-6-4-10)21-15(18)13-9-7-11-12(8-9)22-23(19,20)14(11)13/h9-14,17H,3-8H2,1-2H3/p+1. The molecule has 4 rings (SSSR count). The largest absolute Gasteiger partial charge is 0.459 e. The molecule has 2 saturated carbocycles. The molecule has 6 nitrogen and oxygen atoms in total. The fraction of sp³-hybridized carbons (Fsp3) is 0.938. The molecule has 0 amide bonds. The number of quaternary nitrogens is 1. The molecule has 2 aliphatic heterocycles. The summed E-state index contributed by atoms with van der Waals surface area (Å²) in [5.41, 5.74) is -0.532. The monoisotopic (exact) mass is 344 g/mol. The summed E-state index contributed by atoms with van der Waals surface area (Å²) in [5, 5.41) is 1.61. The number of hydrogen-bond acceptors (Lipinski definition) is 5. The summed E-state index contributed by atoms with van der Waals surface area (Å²) in [5.74, 6) is -0.405. The van der Waals surface area contributed by atoms with E-state index in [-0.39, 0.29) is 23.9 Å². The number of carbonyl (C=O) groups excluding carboxylic acids is 1. The van der Waals surface area contributed by atoms with E-state index in [4.69, 9.17) is 8.92 Å². The van der Waals surface area contributed by atoms with Gasteiger partial charge in [0.05, 0.1) is 25.1 Å². The van der Waals surface area contributed by atoms with Crippen LogP contribution in [0.2, 0.25) is 0 Å². The SMILES string of the molecule is CC(C)(OC(=O)C1C2CC3OS(=O)(=O)C1C3C2)C1CC[NH2+]CC1. The predicted octanol–water partition coefficient (Wildman–Crippen LogP) is 0.0348. The van der Waals surface area contributed by atoms with Crippen LogP contribution in [0.4, 0.5) is 0 Å². The van der Waals surface area contributed by atoms with Gasteiger partial charge in [-0.3, -0.25) is 8.98 Å². The van der Waals surface area contributed by atoms with Gasteiger partial charge in [-0.25, -0.2) is 0 Å². The van der Waals surface area contributed by atoms with Crippen molar-refractivity contribution in [3.63, 3.8) is 0 Å². The maximum Gasteiger partial charge on any atom is 0.311 e. The molecule has 0 aromatic carbocycles. The average Bonchev–Trinajstić information content (AvgIpc) is 3.08. The third-order valence-electron chi connectivity index (χ3n) is 6.52. The van der Waals surface area contributed by atoms with E-state index < -0.39 is 26.9 Å². The Morgan fingerprint density at radius 2 is 1.91 bits per heavy atom. The van der Waals surface area contributed by atoms with Gasteiger partial charge in [0, 0.05) is 24.7 Å². The van der Waals surface area contributed by atoms with Crippen LogP contribution in [0.1, 0.15) is 39.5 Å². The summed E-state index contributed by atoms with van der Waals surface area (Å²) in [6.07, 6.45) is 3.33. The molecule has 2 aliphatic carbocycles. The lowest BCUT2D eigenvalue weighted by Crippen LogP contribution is -2.86. The first kappa shape index (κ1) is 15.8. The molecule has 5 unspecified atom stereocenters. The van der Waals surface area contributed by atoms with Crippen molar-refractivity contribution in [2.45, 2.75) is 56.5 Å². The molecule has 2 saturated heterocycles. The van der Waals surface area contributed by atoms with Gasteiger partial charge in [0.25, 0.3) is 10.1 Å². The zero-order valence-corrected chi connectivity index (χ0v) is 14.6. The molecule has 0 aromatic heterocycles. The number of esters is 1. The molecule has 4 aliphatic rings. The van der Waals surface area contributed by atoms with Gasteiger partial charge in [-0.15, -0.1) is 0 Å². The van der Waals surface area contributed by atoms with E-state index in [0.29, 0.717) is 12.3 Å². The Morgan fingerprint density at radius 3 is 2.61 bits per heavy atom. The highest BCUT2D eigenvalue weighted by Crippen LogP contribution is 2.58. The zero-order valence-electron chi connectivity index (χ0n) is 13.7. The summed E-state index contributed by atoms with van der Waals surface area (Å²) < 4.78 is 35.6. The molecule has 7 heteroatoms. The predicted molar refractivity (Wildman–Crippen MR) is 81.8 cm³/mol. The van der Waals surface area contributed by atoms with E-state index in [1.807, 2.05) is 13.8 Å². The second kappa shape index (κ2) is 5.17. The van der Waals surface area contributed by atoms with Crippen LogP contribution in [0.25, 0.3) is 0 Å². The second-order valence-electron chi connectivity index (χ2n) is 8.18. The van der Waals surface area contributed by atoms with Crippen LogP contribution in [0, 0.1) is 23.7 Å². The zero-order chi connectivity index (χ0) is 16.4. The molecule has 4 fully saturated rings. The first-order valence-corrected chi connectivity index (χ1v) is 10.2. The minimum atomic E-state index is -3.61. The fourth-order valence-electron chi connectivity index (χ4n) is 5.34. The van der Waals surface area contributed by atoms with Crippen LogP contribution in [-0.2, 0) is 23.8 Å². The molecular weight excluding hydrogens is 318 g/mol. The Labute approximate surface area is 137 Å². The Kier molecular flexibility index (Phi) is 3.56. The quantitative estimate of drug-likeness (QED) is 0.577. The van der Waals surface area contributed by atoms with Crippen LogP contribution >= 0.6 is 0 Å². The molecule has 130 valence electrons. The van der Waals surface area contributed by atoms with E-state index >= 15 is 0 Å². The average molecular weight is 344 g/mol. The number of ether oxygens (including phenoxy) is 1. The van der Waals surface area contributed by atoms with Crippen LogP contribution in [0.3, 0.4) is 0 Å². The second-order valence-corrected chi connectivity index (χ2v) is 9.90. The Balaban J connectivity index is 1.51. The van der Waals surface area contributed by atoms with Crippen LogP contribution in [0.15, 0.2) is 0 Å². The molecule has 2 heterocycles. The van der Waals surface area contributed by atoms with Gasteiger partial charge in [0.15, 0.2) is 0 Å². The third-order valence-corrected chi connectivity index (χ3v) is 8.34. The minimum Gasteiger partial charge on any atom is -0.459 e. The van der Waals surface area contributed by atoms with Gasteiger partial charge in [-0.2, -0.15) is 8.42 Å². The van der Waals surface area contributed by atoms with Crippen molar-refractivity contribution < 1.29 is 27.4 Å². The number of nitrogens with two attached hydrogens (primary N) is 1.